The standard InChI is InChI=1S/C18H17N3OS/c1-21(11-9-14-6-3-2-4-7-14)18(22)15-8-5-10-20-17(15)16-12-19-13-23-16/h2-8,10,12-13H,9,11H2,1H3. The van der Waals surface area contributed by atoms with Crippen LogP contribution < -0.4 is 0 Å². The van der Waals surface area contributed by atoms with Crippen molar-refractivity contribution in [2.24, 2.45) is 0 Å². The fourth-order valence-electron chi connectivity index (χ4n) is 2.36. The van der Waals surface area contributed by atoms with Crippen LogP contribution in [0, 0.1) is 0 Å². The van der Waals surface area contributed by atoms with Gasteiger partial charge in [0.1, 0.15) is 0 Å². The van der Waals surface area contributed by atoms with Crippen LogP contribution in [-0.2, 0) is 6.42 Å². The molecule has 0 aliphatic heterocycles. The number of pyridine rings is 1. The van der Waals surface area contributed by atoms with E-state index in [4.69, 9.17) is 0 Å². The van der Waals surface area contributed by atoms with Gasteiger partial charge in [-0.25, -0.2) is 0 Å². The number of nitrogens with zero attached hydrogens (tertiary/aromatic N) is 3. The summed E-state index contributed by atoms with van der Waals surface area (Å²) >= 11 is 1.49. The Balaban J connectivity index is 1.75. The van der Waals surface area contributed by atoms with E-state index in [-0.39, 0.29) is 5.91 Å². The molecular weight excluding hydrogens is 306 g/mol. The number of carbonyl (C=O) groups is 1. The molecule has 0 bridgehead atoms. The molecule has 0 saturated carbocycles. The average molecular weight is 323 g/mol. The molecule has 3 rings (SSSR count). The molecule has 4 nitrogen and oxygen atoms in total. The number of thiazole rings is 1. The van der Waals surface area contributed by atoms with E-state index in [0.717, 1.165) is 11.3 Å². The maximum Gasteiger partial charge on any atom is 0.255 e. The van der Waals surface area contributed by atoms with Crippen LogP contribution >= 0.6 is 11.3 Å². The first kappa shape index (κ1) is 15.4. The third-order valence-corrected chi connectivity index (χ3v) is 4.41. The molecule has 3 aromatic rings. The molecule has 2 aromatic heterocycles. The summed E-state index contributed by atoms with van der Waals surface area (Å²) in [5.41, 5.74) is 4.29. The maximum atomic E-state index is 12.8. The van der Waals surface area contributed by atoms with E-state index in [9.17, 15) is 4.79 Å². The first-order valence-corrected chi connectivity index (χ1v) is 8.27. The van der Waals surface area contributed by atoms with Gasteiger partial charge in [0.2, 0.25) is 0 Å². The quantitative estimate of drug-likeness (QED) is 0.722. The number of hydrogen-bond donors (Lipinski definition) is 0. The highest BCUT2D eigenvalue weighted by Gasteiger charge is 2.18. The van der Waals surface area contributed by atoms with Crippen molar-refractivity contribution in [1.29, 1.82) is 0 Å². The van der Waals surface area contributed by atoms with Crippen molar-refractivity contribution in [3.8, 4) is 10.6 Å². The Morgan fingerprint density at radius 2 is 2.00 bits per heavy atom. The fraction of sp³-hybridized carbons (Fsp3) is 0.167. The highest BCUT2D eigenvalue weighted by atomic mass is 32.1. The van der Waals surface area contributed by atoms with Crippen LogP contribution in [-0.4, -0.2) is 34.4 Å². The Bertz CT molecular complexity index is 772. The third kappa shape index (κ3) is 3.63. The second-order valence-corrected chi connectivity index (χ2v) is 6.11. The van der Waals surface area contributed by atoms with Gasteiger partial charge in [0, 0.05) is 26.0 Å². The molecule has 0 fully saturated rings. The molecule has 0 atom stereocenters. The summed E-state index contributed by atoms with van der Waals surface area (Å²) in [7, 11) is 1.83. The lowest BCUT2D eigenvalue weighted by molar-refractivity contribution is 0.0797. The molecule has 0 N–H and O–H groups in total. The Morgan fingerprint density at radius 3 is 2.74 bits per heavy atom. The van der Waals surface area contributed by atoms with Gasteiger partial charge in [0.25, 0.3) is 5.91 Å². The molecular formula is C18H17N3OS. The number of amides is 1. The van der Waals surface area contributed by atoms with Crippen molar-refractivity contribution in [2.45, 2.75) is 6.42 Å². The van der Waals surface area contributed by atoms with Gasteiger partial charge in [0.15, 0.2) is 0 Å². The van der Waals surface area contributed by atoms with Crippen LogP contribution in [0.3, 0.4) is 0 Å². The second-order valence-electron chi connectivity index (χ2n) is 5.23. The summed E-state index contributed by atoms with van der Waals surface area (Å²) in [4.78, 5) is 23.8. The first-order valence-electron chi connectivity index (χ1n) is 7.39. The van der Waals surface area contributed by atoms with Gasteiger partial charge < -0.3 is 4.90 Å². The number of aromatic nitrogens is 2. The smallest absolute Gasteiger partial charge is 0.255 e. The maximum absolute atomic E-state index is 12.8. The van der Waals surface area contributed by atoms with Crippen LogP contribution in [0.15, 0.2) is 60.4 Å². The van der Waals surface area contributed by atoms with E-state index >= 15 is 0 Å². The predicted molar refractivity (Wildman–Crippen MR) is 92.5 cm³/mol. The van der Waals surface area contributed by atoms with Gasteiger partial charge in [-0.3, -0.25) is 14.8 Å². The molecule has 0 aliphatic rings. The van der Waals surface area contributed by atoms with Crippen LogP contribution in [0.5, 0.6) is 0 Å². The molecule has 0 unspecified atom stereocenters. The fourth-order valence-corrected chi connectivity index (χ4v) is 2.99. The molecule has 0 spiro atoms. The van der Waals surface area contributed by atoms with Crippen molar-refractivity contribution in [3.63, 3.8) is 0 Å². The van der Waals surface area contributed by atoms with Gasteiger partial charge in [-0.15, -0.1) is 11.3 Å². The lowest BCUT2D eigenvalue weighted by Crippen LogP contribution is -2.29. The van der Waals surface area contributed by atoms with E-state index < -0.39 is 0 Å². The van der Waals surface area contributed by atoms with E-state index in [1.807, 2.05) is 31.3 Å². The van der Waals surface area contributed by atoms with Crippen molar-refractivity contribution < 1.29 is 4.79 Å². The minimum atomic E-state index is -0.0163. The molecule has 5 heteroatoms. The SMILES string of the molecule is CN(CCc1ccccc1)C(=O)c1cccnc1-c1cncs1. The molecule has 1 aromatic carbocycles. The number of carbonyl (C=O) groups excluding carboxylic acids is 1. The van der Waals surface area contributed by atoms with E-state index in [1.54, 1.807) is 28.9 Å². The Morgan fingerprint density at radius 1 is 1.17 bits per heavy atom. The van der Waals surface area contributed by atoms with E-state index in [2.05, 4.69) is 22.1 Å². The first-order chi connectivity index (χ1) is 11.3. The average Bonchev–Trinajstić information content (AvgIpc) is 3.14. The zero-order chi connectivity index (χ0) is 16.1. The Hall–Kier alpha value is -2.53. The normalized spacial score (nSPS) is 10.5. The highest BCUT2D eigenvalue weighted by Crippen LogP contribution is 2.25. The summed E-state index contributed by atoms with van der Waals surface area (Å²) in [6.07, 6.45) is 4.28. The lowest BCUT2D eigenvalue weighted by Gasteiger charge is -2.18. The van der Waals surface area contributed by atoms with Crippen molar-refractivity contribution in [2.75, 3.05) is 13.6 Å². The zero-order valence-electron chi connectivity index (χ0n) is 12.8. The minimum absolute atomic E-state index is 0.0163. The van der Waals surface area contributed by atoms with Crippen LogP contribution in [0.25, 0.3) is 10.6 Å². The number of rotatable bonds is 5. The second kappa shape index (κ2) is 7.15. The lowest BCUT2D eigenvalue weighted by atomic mass is 10.1. The van der Waals surface area contributed by atoms with Crippen molar-refractivity contribution in [3.05, 3.63) is 71.5 Å². The third-order valence-electron chi connectivity index (χ3n) is 3.63. The highest BCUT2D eigenvalue weighted by molar-refractivity contribution is 7.13. The van der Waals surface area contributed by atoms with Crippen LogP contribution in [0.1, 0.15) is 15.9 Å². The summed E-state index contributed by atoms with van der Waals surface area (Å²) in [6.45, 7) is 0.667. The molecule has 0 aliphatic carbocycles. The zero-order valence-corrected chi connectivity index (χ0v) is 13.7. The van der Waals surface area contributed by atoms with E-state index in [0.29, 0.717) is 17.8 Å². The molecule has 0 radical (unpaired) electrons. The molecule has 116 valence electrons. The number of hydrogen-bond acceptors (Lipinski definition) is 4. The van der Waals surface area contributed by atoms with Gasteiger partial charge in [0.05, 0.1) is 21.6 Å². The summed E-state index contributed by atoms with van der Waals surface area (Å²) in [5, 5.41) is 0. The van der Waals surface area contributed by atoms with Crippen molar-refractivity contribution >= 4 is 17.2 Å². The van der Waals surface area contributed by atoms with Gasteiger partial charge in [-0.05, 0) is 24.1 Å². The Kier molecular flexibility index (Phi) is 4.78. The van der Waals surface area contributed by atoms with Gasteiger partial charge >= 0.3 is 0 Å². The minimum Gasteiger partial charge on any atom is -0.341 e. The molecule has 23 heavy (non-hydrogen) atoms. The Labute approximate surface area is 139 Å². The number of benzene rings is 1. The molecule has 1 amide bonds. The topological polar surface area (TPSA) is 46.1 Å². The molecule has 2 heterocycles. The summed E-state index contributed by atoms with van der Waals surface area (Å²) < 4.78 is 0. The molecule has 0 saturated heterocycles. The summed E-state index contributed by atoms with van der Waals surface area (Å²) in [5.74, 6) is -0.0163. The predicted octanol–water partition coefficient (Wildman–Crippen LogP) is 3.52. The largest absolute Gasteiger partial charge is 0.341 e. The van der Waals surface area contributed by atoms with Crippen molar-refractivity contribution in [1.82, 2.24) is 14.9 Å². The van der Waals surface area contributed by atoms with Gasteiger partial charge in [-0.2, -0.15) is 0 Å². The van der Waals surface area contributed by atoms with Gasteiger partial charge in [-0.1, -0.05) is 30.3 Å². The van der Waals surface area contributed by atoms with Crippen LogP contribution in [0.2, 0.25) is 0 Å². The summed E-state index contributed by atoms with van der Waals surface area (Å²) in [6, 6.07) is 13.8. The monoisotopic (exact) mass is 323 g/mol. The van der Waals surface area contributed by atoms with Crippen LogP contribution in [0.4, 0.5) is 0 Å². The van der Waals surface area contributed by atoms with E-state index in [1.165, 1.54) is 16.9 Å². The number of likely N-dealkylation sites (N-methyl/N-ethyl adjacent to an activating group) is 1.